The predicted molar refractivity (Wildman–Crippen MR) is 80.4 cm³/mol. The molecule has 2 bridgehead atoms. The Kier molecular flexibility index (Phi) is 4.78. The van der Waals surface area contributed by atoms with E-state index in [4.69, 9.17) is 0 Å². The van der Waals surface area contributed by atoms with E-state index in [2.05, 4.69) is 22.0 Å². The van der Waals surface area contributed by atoms with E-state index in [0.29, 0.717) is 0 Å². The Hall–Kier alpha value is -0.120. The Morgan fingerprint density at radius 2 is 2.11 bits per heavy atom. The molecule has 1 N–H and O–H groups in total. The topological polar surface area (TPSA) is 18.5 Å². The van der Waals surface area contributed by atoms with E-state index in [-0.39, 0.29) is 0 Å². The number of rotatable bonds is 5. The van der Waals surface area contributed by atoms with Gasteiger partial charge in [-0.2, -0.15) is 0 Å². The molecule has 0 aliphatic carbocycles. The molecule has 3 saturated heterocycles. The van der Waals surface area contributed by atoms with E-state index in [1.807, 2.05) is 0 Å². The van der Waals surface area contributed by atoms with E-state index in [9.17, 15) is 0 Å². The molecule has 0 radical (unpaired) electrons. The van der Waals surface area contributed by atoms with Gasteiger partial charge < -0.3 is 10.2 Å². The summed E-state index contributed by atoms with van der Waals surface area (Å²) in [5, 5.41) is 3.58. The summed E-state index contributed by atoms with van der Waals surface area (Å²) in [6, 6.07) is 0.889. The minimum atomic E-state index is 0.889. The van der Waals surface area contributed by atoms with Crippen LogP contribution >= 0.6 is 0 Å². The third-order valence-electron chi connectivity index (χ3n) is 5.47. The molecule has 0 saturated carbocycles. The molecule has 19 heavy (non-hydrogen) atoms. The van der Waals surface area contributed by atoms with E-state index < -0.39 is 0 Å². The van der Waals surface area contributed by atoms with Gasteiger partial charge in [0.2, 0.25) is 0 Å². The molecule has 3 heterocycles. The number of hydrogen-bond donors (Lipinski definition) is 1. The molecule has 0 amide bonds. The maximum absolute atomic E-state index is 3.58. The molecule has 3 aliphatic rings. The molecule has 110 valence electrons. The normalized spacial score (nSPS) is 38.8. The van der Waals surface area contributed by atoms with Crippen LogP contribution in [0.3, 0.4) is 0 Å². The lowest BCUT2D eigenvalue weighted by Crippen LogP contribution is -2.49. The average Bonchev–Trinajstić information content (AvgIpc) is 2.82. The molecular weight excluding hydrogens is 234 g/mol. The van der Waals surface area contributed by atoms with Gasteiger partial charge >= 0.3 is 0 Å². The van der Waals surface area contributed by atoms with E-state index in [0.717, 1.165) is 17.9 Å². The van der Waals surface area contributed by atoms with Crippen LogP contribution in [0.25, 0.3) is 0 Å². The van der Waals surface area contributed by atoms with Crippen molar-refractivity contribution in [3.05, 3.63) is 0 Å². The number of nitrogens with one attached hydrogen (secondary N) is 1. The van der Waals surface area contributed by atoms with Crippen LogP contribution in [-0.2, 0) is 0 Å². The minimum absolute atomic E-state index is 0.889. The van der Waals surface area contributed by atoms with Crippen LogP contribution in [0.5, 0.6) is 0 Å². The quantitative estimate of drug-likeness (QED) is 0.818. The summed E-state index contributed by atoms with van der Waals surface area (Å²) in [5.74, 6) is 1.87. The van der Waals surface area contributed by atoms with Crippen molar-refractivity contribution in [2.24, 2.45) is 11.8 Å². The Balaban J connectivity index is 1.59. The van der Waals surface area contributed by atoms with Crippen LogP contribution in [0, 0.1) is 11.8 Å². The Morgan fingerprint density at radius 3 is 2.89 bits per heavy atom. The first kappa shape index (κ1) is 13.8. The zero-order chi connectivity index (χ0) is 13.1. The monoisotopic (exact) mass is 265 g/mol. The summed E-state index contributed by atoms with van der Waals surface area (Å²) >= 11 is 0. The van der Waals surface area contributed by atoms with Crippen molar-refractivity contribution in [1.82, 2.24) is 15.1 Å². The number of nitrogens with zero attached hydrogens (tertiary/aromatic N) is 2. The second kappa shape index (κ2) is 6.55. The summed E-state index contributed by atoms with van der Waals surface area (Å²) in [5.41, 5.74) is 0. The highest BCUT2D eigenvalue weighted by Crippen LogP contribution is 2.31. The van der Waals surface area contributed by atoms with Gasteiger partial charge in [-0.25, -0.2) is 0 Å². The fourth-order valence-electron chi connectivity index (χ4n) is 4.50. The van der Waals surface area contributed by atoms with Crippen molar-refractivity contribution in [1.29, 1.82) is 0 Å². The first-order valence-corrected chi connectivity index (χ1v) is 8.54. The molecule has 3 nitrogen and oxygen atoms in total. The van der Waals surface area contributed by atoms with Gasteiger partial charge in [0.25, 0.3) is 0 Å². The zero-order valence-electron chi connectivity index (χ0n) is 12.6. The van der Waals surface area contributed by atoms with E-state index in [1.165, 1.54) is 77.9 Å². The number of fused-ring (bicyclic) bond motifs is 2. The van der Waals surface area contributed by atoms with Crippen LogP contribution in [0.4, 0.5) is 0 Å². The fourth-order valence-corrected chi connectivity index (χ4v) is 4.50. The second-order valence-electron chi connectivity index (χ2n) is 6.91. The van der Waals surface area contributed by atoms with Gasteiger partial charge in [-0.3, -0.25) is 4.90 Å². The van der Waals surface area contributed by atoms with Gasteiger partial charge in [0, 0.05) is 19.1 Å². The van der Waals surface area contributed by atoms with Crippen LogP contribution in [-0.4, -0.2) is 61.7 Å². The molecule has 3 fully saturated rings. The van der Waals surface area contributed by atoms with Gasteiger partial charge in [0.1, 0.15) is 0 Å². The lowest BCUT2D eigenvalue weighted by molar-refractivity contribution is 0.0802. The summed E-state index contributed by atoms with van der Waals surface area (Å²) in [6.07, 6.45) is 7.01. The molecule has 0 aromatic carbocycles. The molecule has 0 aromatic heterocycles. The maximum Gasteiger partial charge on any atom is 0.0148 e. The van der Waals surface area contributed by atoms with E-state index in [1.54, 1.807) is 0 Å². The third-order valence-corrected chi connectivity index (χ3v) is 5.47. The van der Waals surface area contributed by atoms with Gasteiger partial charge in [0.15, 0.2) is 0 Å². The highest BCUT2D eigenvalue weighted by atomic mass is 15.2. The summed E-state index contributed by atoms with van der Waals surface area (Å²) in [6.45, 7) is 11.6. The maximum atomic E-state index is 3.58. The van der Waals surface area contributed by atoms with Crippen molar-refractivity contribution in [3.8, 4) is 0 Å². The van der Waals surface area contributed by atoms with Crippen LogP contribution in [0.2, 0.25) is 0 Å². The molecule has 0 aromatic rings. The largest absolute Gasteiger partial charge is 0.316 e. The van der Waals surface area contributed by atoms with Gasteiger partial charge in [-0.15, -0.1) is 0 Å². The highest BCUT2D eigenvalue weighted by Gasteiger charge is 2.37. The Labute approximate surface area is 118 Å². The lowest BCUT2D eigenvalue weighted by atomic mass is 9.90. The van der Waals surface area contributed by atoms with Gasteiger partial charge in [-0.05, 0) is 76.7 Å². The van der Waals surface area contributed by atoms with Crippen molar-refractivity contribution in [2.75, 3.05) is 45.8 Å². The molecule has 3 rings (SSSR count). The van der Waals surface area contributed by atoms with E-state index >= 15 is 0 Å². The summed E-state index contributed by atoms with van der Waals surface area (Å²) in [7, 11) is 0. The lowest BCUT2D eigenvalue weighted by Gasteiger charge is -2.41. The van der Waals surface area contributed by atoms with Gasteiger partial charge in [-0.1, -0.05) is 6.92 Å². The fraction of sp³-hybridized carbons (Fsp3) is 1.00. The molecule has 4 unspecified atom stereocenters. The summed E-state index contributed by atoms with van der Waals surface area (Å²) in [4.78, 5) is 5.54. The predicted octanol–water partition coefficient (Wildman–Crippen LogP) is 1.79. The SMILES string of the molecule is CCCN(CC1CCCNC1)C1CCN2CCC1C2. The van der Waals surface area contributed by atoms with Crippen molar-refractivity contribution in [3.63, 3.8) is 0 Å². The molecule has 3 heteroatoms. The van der Waals surface area contributed by atoms with Crippen LogP contribution < -0.4 is 5.32 Å². The molecule has 4 atom stereocenters. The van der Waals surface area contributed by atoms with Crippen molar-refractivity contribution >= 4 is 0 Å². The van der Waals surface area contributed by atoms with Crippen LogP contribution in [0.15, 0.2) is 0 Å². The molecule has 3 aliphatic heterocycles. The summed E-state index contributed by atoms with van der Waals surface area (Å²) < 4.78 is 0. The Bertz CT molecular complexity index is 275. The minimum Gasteiger partial charge on any atom is -0.316 e. The standard InChI is InChI=1S/C16H31N3/c1-2-8-19(12-14-4-3-7-17-11-14)16-6-10-18-9-5-15(16)13-18/h14-17H,2-13H2,1H3. The first-order valence-electron chi connectivity index (χ1n) is 8.54. The van der Waals surface area contributed by atoms with Crippen LogP contribution in [0.1, 0.15) is 39.0 Å². The average molecular weight is 265 g/mol. The highest BCUT2D eigenvalue weighted by molar-refractivity contribution is 4.92. The second-order valence-corrected chi connectivity index (χ2v) is 6.91. The first-order chi connectivity index (χ1) is 9.36. The smallest absolute Gasteiger partial charge is 0.0148 e. The zero-order valence-corrected chi connectivity index (χ0v) is 12.6. The number of piperidine rings is 2. The van der Waals surface area contributed by atoms with Crippen molar-refractivity contribution < 1.29 is 0 Å². The van der Waals surface area contributed by atoms with Crippen molar-refractivity contribution in [2.45, 2.75) is 45.1 Å². The Morgan fingerprint density at radius 1 is 1.21 bits per heavy atom. The van der Waals surface area contributed by atoms with Gasteiger partial charge in [0.05, 0.1) is 0 Å². The number of hydrogen-bond acceptors (Lipinski definition) is 3. The third kappa shape index (κ3) is 3.32. The molecular formula is C16H31N3. The molecule has 0 spiro atoms.